The average molecular weight is 301 g/mol. The lowest BCUT2D eigenvalue weighted by Crippen LogP contribution is -2.24. The third-order valence-corrected chi connectivity index (χ3v) is 3.92. The molecule has 22 heavy (non-hydrogen) atoms. The van der Waals surface area contributed by atoms with Crippen LogP contribution in [0.2, 0.25) is 0 Å². The van der Waals surface area contributed by atoms with Crippen LogP contribution in [0.4, 0.5) is 0 Å². The van der Waals surface area contributed by atoms with Gasteiger partial charge in [-0.15, -0.1) is 0 Å². The van der Waals surface area contributed by atoms with Gasteiger partial charge in [0, 0.05) is 17.8 Å². The largest absolute Gasteiger partial charge is 0.493 e. The standard InChI is InChI=1S/C16H19N3O3/c1-21-13-7-6-10(8-14(13)22-2)9-17-16(20)15-11-4-3-5-12(11)18-19-15/h6-8H,3-5,9H2,1-2H3,(H,17,20)(H,18,19). The molecule has 2 N–H and O–H groups in total. The van der Waals surface area contributed by atoms with E-state index in [2.05, 4.69) is 15.5 Å². The number of H-pyrrole nitrogens is 1. The van der Waals surface area contributed by atoms with Crippen molar-refractivity contribution in [3.8, 4) is 11.5 Å². The first-order valence-electron chi connectivity index (χ1n) is 7.28. The minimum Gasteiger partial charge on any atom is -0.493 e. The Morgan fingerprint density at radius 2 is 2.09 bits per heavy atom. The SMILES string of the molecule is COc1ccc(CNC(=O)c2n[nH]c3c2CCC3)cc1OC. The van der Waals surface area contributed by atoms with Crippen molar-refractivity contribution in [2.75, 3.05) is 14.2 Å². The normalized spacial score (nSPS) is 12.8. The lowest BCUT2D eigenvalue weighted by molar-refractivity contribution is 0.0945. The Bertz CT molecular complexity index is 694. The van der Waals surface area contributed by atoms with Crippen molar-refractivity contribution in [2.24, 2.45) is 0 Å². The lowest BCUT2D eigenvalue weighted by Gasteiger charge is -2.10. The summed E-state index contributed by atoms with van der Waals surface area (Å²) in [7, 11) is 3.19. The first-order valence-corrected chi connectivity index (χ1v) is 7.28. The van der Waals surface area contributed by atoms with Gasteiger partial charge >= 0.3 is 0 Å². The summed E-state index contributed by atoms with van der Waals surface area (Å²) in [6.07, 6.45) is 2.98. The van der Waals surface area contributed by atoms with Crippen LogP contribution in [-0.4, -0.2) is 30.3 Å². The van der Waals surface area contributed by atoms with E-state index in [1.807, 2.05) is 18.2 Å². The van der Waals surface area contributed by atoms with Crippen molar-refractivity contribution in [1.82, 2.24) is 15.5 Å². The Labute approximate surface area is 128 Å². The fourth-order valence-electron chi connectivity index (χ4n) is 2.76. The van der Waals surface area contributed by atoms with Crippen LogP contribution in [0.1, 0.15) is 33.7 Å². The number of carbonyl (C=O) groups is 1. The highest BCUT2D eigenvalue weighted by Crippen LogP contribution is 2.27. The van der Waals surface area contributed by atoms with Gasteiger partial charge in [0.05, 0.1) is 14.2 Å². The number of benzene rings is 1. The van der Waals surface area contributed by atoms with Gasteiger partial charge < -0.3 is 14.8 Å². The van der Waals surface area contributed by atoms with Crippen LogP contribution in [0.3, 0.4) is 0 Å². The minimum atomic E-state index is -0.144. The molecule has 0 fully saturated rings. The van der Waals surface area contributed by atoms with Crippen LogP contribution in [0.15, 0.2) is 18.2 Å². The van der Waals surface area contributed by atoms with Crippen molar-refractivity contribution in [2.45, 2.75) is 25.8 Å². The summed E-state index contributed by atoms with van der Waals surface area (Å²) < 4.78 is 10.5. The van der Waals surface area contributed by atoms with Crippen molar-refractivity contribution in [3.05, 3.63) is 40.7 Å². The quantitative estimate of drug-likeness (QED) is 0.883. The van der Waals surface area contributed by atoms with E-state index in [1.165, 1.54) is 0 Å². The van der Waals surface area contributed by atoms with E-state index in [0.717, 1.165) is 36.1 Å². The molecule has 1 amide bonds. The summed E-state index contributed by atoms with van der Waals surface area (Å²) in [5.41, 5.74) is 3.62. The molecule has 1 aromatic heterocycles. The smallest absolute Gasteiger partial charge is 0.272 e. The number of aromatic amines is 1. The van der Waals surface area contributed by atoms with Crippen LogP contribution < -0.4 is 14.8 Å². The molecule has 0 aliphatic heterocycles. The summed E-state index contributed by atoms with van der Waals surface area (Å²) in [5.74, 6) is 1.17. The fourth-order valence-corrected chi connectivity index (χ4v) is 2.76. The summed E-state index contributed by atoms with van der Waals surface area (Å²) >= 11 is 0. The third kappa shape index (κ3) is 2.64. The van der Waals surface area contributed by atoms with Gasteiger partial charge in [-0.3, -0.25) is 9.89 Å². The molecule has 1 aliphatic carbocycles. The highest BCUT2D eigenvalue weighted by molar-refractivity contribution is 5.94. The van der Waals surface area contributed by atoms with E-state index >= 15 is 0 Å². The molecule has 1 heterocycles. The van der Waals surface area contributed by atoms with E-state index in [9.17, 15) is 4.79 Å². The molecule has 6 nitrogen and oxygen atoms in total. The number of methoxy groups -OCH3 is 2. The summed E-state index contributed by atoms with van der Waals surface area (Å²) in [6.45, 7) is 0.417. The first-order chi connectivity index (χ1) is 10.7. The molecule has 0 atom stereocenters. The Morgan fingerprint density at radius 3 is 2.86 bits per heavy atom. The maximum atomic E-state index is 12.3. The topological polar surface area (TPSA) is 76.2 Å². The number of hydrogen-bond donors (Lipinski definition) is 2. The number of hydrogen-bond acceptors (Lipinski definition) is 4. The number of aromatic nitrogens is 2. The molecule has 1 aromatic carbocycles. The molecule has 0 unspecified atom stereocenters. The number of carbonyl (C=O) groups excluding carboxylic acids is 1. The van der Waals surface area contributed by atoms with Crippen LogP contribution in [0, 0.1) is 0 Å². The molecule has 2 aromatic rings. The van der Waals surface area contributed by atoms with Gasteiger partial charge in [0.1, 0.15) is 0 Å². The first kappa shape index (κ1) is 14.4. The number of nitrogens with zero attached hydrogens (tertiary/aromatic N) is 1. The van der Waals surface area contributed by atoms with Gasteiger partial charge in [-0.05, 0) is 37.0 Å². The summed E-state index contributed by atoms with van der Waals surface area (Å²) in [4.78, 5) is 12.3. The second kappa shape index (κ2) is 6.09. The summed E-state index contributed by atoms with van der Waals surface area (Å²) in [6, 6.07) is 5.58. The van der Waals surface area contributed by atoms with Gasteiger partial charge in [-0.1, -0.05) is 6.07 Å². The van der Waals surface area contributed by atoms with Gasteiger partial charge in [0.15, 0.2) is 17.2 Å². The van der Waals surface area contributed by atoms with Gasteiger partial charge in [-0.2, -0.15) is 5.10 Å². The number of aryl methyl sites for hydroxylation is 1. The van der Waals surface area contributed by atoms with Gasteiger partial charge in [-0.25, -0.2) is 0 Å². The predicted molar refractivity (Wildman–Crippen MR) is 81.3 cm³/mol. The molecule has 116 valence electrons. The Balaban J connectivity index is 1.68. The number of ether oxygens (including phenoxy) is 2. The van der Waals surface area contributed by atoms with Gasteiger partial charge in [0.2, 0.25) is 0 Å². The van der Waals surface area contributed by atoms with E-state index in [-0.39, 0.29) is 5.91 Å². The second-order valence-corrected chi connectivity index (χ2v) is 5.25. The molecule has 6 heteroatoms. The molecule has 1 aliphatic rings. The Kier molecular flexibility index (Phi) is 4.00. The highest BCUT2D eigenvalue weighted by atomic mass is 16.5. The maximum absolute atomic E-state index is 12.3. The molecule has 3 rings (SSSR count). The highest BCUT2D eigenvalue weighted by Gasteiger charge is 2.22. The molecule has 0 radical (unpaired) electrons. The van der Waals surface area contributed by atoms with E-state index in [1.54, 1.807) is 14.2 Å². The van der Waals surface area contributed by atoms with Crippen molar-refractivity contribution < 1.29 is 14.3 Å². The number of rotatable bonds is 5. The van der Waals surface area contributed by atoms with Gasteiger partial charge in [0.25, 0.3) is 5.91 Å². The zero-order valence-electron chi connectivity index (χ0n) is 12.7. The molecule has 0 saturated carbocycles. The zero-order valence-corrected chi connectivity index (χ0v) is 12.7. The number of nitrogens with one attached hydrogen (secondary N) is 2. The molecule has 0 saturated heterocycles. The lowest BCUT2D eigenvalue weighted by atomic mass is 10.1. The van der Waals surface area contributed by atoms with Crippen LogP contribution in [-0.2, 0) is 19.4 Å². The van der Waals surface area contributed by atoms with Crippen molar-refractivity contribution >= 4 is 5.91 Å². The fraction of sp³-hybridized carbons (Fsp3) is 0.375. The van der Waals surface area contributed by atoms with E-state index in [0.29, 0.717) is 23.7 Å². The monoisotopic (exact) mass is 301 g/mol. The third-order valence-electron chi connectivity index (χ3n) is 3.92. The minimum absolute atomic E-state index is 0.144. The Hall–Kier alpha value is -2.50. The summed E-state index contributed by atoms with van der Waals surface area (Å²) in [5, 5.41) is 9.98. The number of amides is 1. The van der Waals surface area contributed by atoms with Crippen molar-refractivity contribution in [3.63, 3.8) is 0 Å². The maximum Gasteiger partial charge on any atom is 0.272 e. The molecule has 0 bridgehead atoms. The molecular formula is C16H19N3O3. The zero-order chi connectivity index (χ0) is 15.5. The molecule has 0 spiro atoms. The molecular weight excluding hydrogens is 282 g/mol. The van der Waals surface area contributed by atoms with E-state index < -0.39 is 0 Å². The van der Waals surface area contributed by atoms with Crippen LogP contribution >= 0.6 is 0 Å². The average Bonchev–Trinajstić information content (AvgIpc) is 3.15. The second-order valence-electron chi connectivity index (χ2n) is 5.25. The van der Waals surface area contributed by atoms with Crippen LogP contribution in [0.25, 0.3) is 0 Å². The number of fused-ring (bicyclic) bond motifs is 1. The predicted octanol–water partition coefficient (Wildman–Crippen LogP) is 1.85. The van der Waals surface area contributed by atoms with Crippen molar-refractivity contribution in [1.29, 1.82) is 0 Å². The Morgan fingerprint density at radius 1 is 1.27 bits per heavy atom. The van der Waals surface area contributed by atoms with E-state index in [4.69, 9.17) is 9.47 Å². The van der Waals surface area contributed by atoms with Crippen LogP contribution in [0.5, 0.6) is 11.5 Å².